The Hall–Kier alpha value is -1.81. The van der Waals surface area contributed by atoms with Gasteiger partial charge in [-0.3, -0.25) is 4.79 Å². The molecule has 0 saturated heterocycles. The van der Waals surface area contributed by atoms with Crippen LogP contribution in [-0.2, 0) is 11.2 Å². The Morgan fingerprint density at radius 3 is 2.62 bits per heavy atom. The molecule has 0 aliphatic heterocycles. The summed E-state index contributed by atoms with van der Waals surface area (Å²) < 4.78 is 18.1. The smallest absolute Gasteiger partial charge is 0.143 e. The summed E-state index contributed by atoms with van der Waals surface area (Å²) in [5.74, 6) is 1.08. The number of ketones is 1. The number of halogens is 1. The molecule has 0 N–H and O–H groups in total. The zero-order chi connectivity index (χ0) is 15.1. The van der Waals surface area contributed by atoms with Crippen molar-refractivity contribution in [3.8, 4) is 5.75 Å². The molecule has 0 amide bonds. The molecule has 0 bridgehead atoms. The Balaban J connectivity index is 1.76. The maximum atomic E-state index is 13.0. The Morgan fingerprint density at radius 1 is 1.19 bits per heavy atom. The summed E-state index contributed by atoms with van der Waals surface area (Å²) >= 11 is 1.37. The van der Waals surface area contributed by atoms with Gasteiger partial charge >= 0.3 is 0 Å². The lowest BCUT2D eigenvalue weighted by Crippen LogP contribution is -2.03. The molecule has 0 saturated carbocycles. The van der Waals surface area contributed by atoms with Gasteiger partial charge in [-0.05, 0) is 42.3 Å². The summed E-state index contributed by atoms with van der Waals surface area (Å²) in [6, 6.07) is 14.0. The standard InChI is InChI=1S/C17H17FO2S/c1-20-16-9-6-13(7-10-16)5-8-15(19)12-21-17-4-2-3-14(18)11-17/h2-4,6-7,9-11H,5,8,12H2,1H3. The molecule has 2 nitrogen and oxygen atoms in total. The highest BCUT2D eigenvalue weighted by Gasteiger charge is 2.05. The van der Waals surface area contributed by atoms with Crippen molar-refractivity contribution in [1.82, 2.24) is 0 Å². The van der Waals surface area contributed by atoms with Gasteiger partial charge in [0.05, 0.1) is 12.9 Å². The number of ether oxygens (including phenoxy) is 1. The van der Waals surface area contributed by atoms with Crippen LogP contribution in [0.4, 0.5) is 4.39 Å². The summed E-state index contributed by atoms with van der Waals surface area (Å²) in [5, 5.41) is 0. The number of thioether (sulfide) groups is 1. The highest BCUT2D eigenvalue weighted by atomic mass is 32.2. The fourth-order valence-electron chi connectivity index (χ4n) is 1.87. The average Bonchev–Trinajstić information content (AvgIpc) is 2.51. The molecule has 0 heterocycles. The van der Waals surface area contributed by atoms with E-state index in [1.54, 1.807) is 13.2 Å². The fourth-order valence-corrected chi connectivity index (χ4v) is 2.71. The molecule has 2 aromatic rings. The van der Waals surface area contributed by atoms with Gasteiger partial charge in [-0.2, -0.15) is 0 Å². The maximum absolute atomic E-state index is 13.0. The third-order valence-corrected chi connectivity index (χ3v) is 4.10. The molecule has 0 unspecified atom stereocenters. The number of benzene rings is 2. The lowest BCUT2D eigenvalue weighted by Gasteiger charge is -2.04. The molecular formula is C17H17FO2S. The molecule has 0 spiro atoms. The van der Waals surface area contributed by atoms with E-state index in [-0.39, 0.29) is 11.6 Å². The second-order valence-corrected chi connectivity index (χ2v) is 5.68. The summed E-state index contributed by atoms with van der Waals surface area (Å²) in [6.45, 7) is 0. The van der Waals surface area contributed by atoms with Gasteiger partial charge in [0.1, 0.15) is 17.3 Å². The Bertz CT molecular complexity index is 596. The van der Waals surface area contributed by atoms with Crippen molar-refractivity contribution < 1.29 is 13.9 Å². The van der Waals surface area contributed by atoms with Crippen molar-refractivity contribution in [2.24, 2.45) is 0 Å². The van der Waals surface area contributed by atoms with E-state index < -0.39 is 0 Å². The molecule has 0 aliphatic rings. The van der Waals surface area contributed by atoms with E-state index in [2.05, 4.69) is 0 Å². The quantitative estimate of drug-likeness (QED) is 0.720. The largest absolute Gasteiger partial charge is 0.497 e. The third-order valence-electron chi connectivity index (χ3n) is 3.05. The minimum Gasteiger partial charge on any atom is -0.497 e. The number of carbonyl (C=O) groups excluding carboxylic acids is 1. The molecule has 0 fully saturated rings. The van der Waals surface area contributed by atoms with Crippen LogP contribution in [0.1, 0.15) is 12.0 Å². The molecule has 0 radical (unpaired) electrons. The molecule has 4 heteroatoms. The summed E-state index contributed by atoms with van der Waals surface area (Å²) in [7, 11) is 1.63. The third kappa shape index (κ3) is 5.23. The van der Waals surface area contributed by atoms with E-state index >= 15 is 0 Å². The maximum Gasteiger partial charge on any atom is 0.143 e. The van der Waals surface area contributed by atoms with E-state index in [0.29, 0.717) is 18.6 Å². The number of hydrogen-bond acceptors (Lipinski definition) is 3. The number of carbonyl (C=O) groups is 1. The van der Waals surface area contributed by atoms with Gasteiger partial charge in [0.15, 0.2) is 0 Å². The Kier molecular flexibility index (Phi) is 5.81. The van der Waals surface area contributed by atoms with E-state index in [0.717, 1.165) is 16.2 Å². The van der Waals surface area contributed by atoms with Gasteiger partial charge in [0, 0.05) is 11.3 Å². The van der Waals surface area contributed by atoms with Crippen LogP contribution >= 0.6 is 11.8 Å². The van der Waals surface area contributed by atoms with Crippen LogP contribution in [0, 0.1) is 5.82 Å². The predicted molar refractivity (Wildman–Crippen MR) is 83.4 cm³/mol. The minimum absolute atomic E-state index is 0.167. The van der Waals surface area contributed by atoms with Crippen LogP contribution in [0.3, 0.4) is 0 Å². The highest BCUT2D eigenvalue weighted by molar-refractivity contribution is 8.00. The normalized spacial score (nSPS) is 10.4. The molecular weight excluding hydrogens is 287 g/mol. The molecule has 0 aliphatic carbocycles. The zero-order valence-electron chi connectivity index (χ0n) is 11.8. The molecule has 0 atom stereocenters. The van der Waals surface area contributed by atoms with Gasteiger partial charge < -0.3 is 4.74 Å². The number of hydrogen-bond donors (Lipinski definition) is 0. The van der Waals surface area contributed by atoms with Crippen molar-refractivity contribution in [3.05, 3.63) is 59.9 Å². The topological polar surface area (TPSA) is 26.3 Å². The summed E-state index contributed by atoms with van der Waals surface area (Å²) in [5.41, 5.74) is 1.11. The first-order chi connectivity index (χ1) is 10.2. The van der Waals surface area contributed by atoms with Crippen LogP contribution in [0.5, 0.6) is 5.75 Å². The van der Waals surface area contributed by atoms with Gasteiger partial charge in [-0.15, -0.1) is 11.8 Å². The van der Waals surface area contributed by atoms with Crippen molar-refractivity contribution in [1.29, 1.82) is 0 Å². The van der Waals surface area contributed by atoms with E-state index in [1.165, 1.54) is 23.9 Å². The second-order valence-electron chi connectivity index (χ2n) is 4.63. The van der Waals surface area contributed by atoms with Crippen molar-refractivity contribution >= 4 is 17.5 Å². The molecule has 21 heavy (non-hydrogen) atoms. The number of aryl methyl sites for hydroxylation is 1. The first-order valence-electron chi connectivity index (χ1n) is 6.70. The van der Waals surface area contributed by atoms with Gasteiger partial charge in [0.25, 0.3) is 0 Å². The average molecular weight is 304 g/mol. The van der Waals surface area contributed by atoms with Gasteiger partial charge in [0.2, 0.25) is 0 Å². The lowest BCUT2D eigenvalue weighted by molar-refractivity contribution is -0.116. The molecule has 0 aromatic heterocycles. The monoisotopic (exact) mass is 304 g/mol. The molecule has 2 aromatic carbocycles. The van der Waals surface area contributed by atoms with Crippen molar-refractivity contribution in [2.75, 3.05) is 12.9 Å². The highest BCUT2D eigenvalue weighted by Crippen LogP contribution is 2.19. The SMILES string of the molecule is COc1ccc(CCC(=O)CSc2cccc(F)c2)cc1. The minimum atomic E-state index is -0.273. The fraction of sp³-hybridized carbons (Fsp3) is 0.235. The Morgan fingerprint density at radius 2 is 1.95 bits per heavy atom. The first kappa shape index (κ1) is 15.6. The van der Waals surface area contributed by atoms with Crippen LogP contribution in [0.2, 0.25) is 0 Å². The summed E-state index contributed by atoms with van der Waals surface area (Å²) in [6.07, 6.45) is 1.21. The van der Waals surface area contributed by atoms with Crippen LogP contribution < -0.4 is 4.74 Å². The Labute approximate surface area is 128 Å². The van der Waals surface area contributed by atoms with Crippen LogP contribution in [0.15, 0.2) is 53.4 Å². The lowest BCUT2D eigenvalue weighted by atomic mass is 10.1. The number of rotatable bonds is 7. The van der Waals surface area contributed by atoms with Crippen LogP contribution in [-0.4, -0.2) is 18.6 Å². The van der Waals surface area contributed by atoms with Crippen LogP contribution in [0.25, 0.3) is 0 Å². The first-order valence-corrected chi connectivity index (χ1v) is 7.69. The van der Waals surface area contributed by atoms with Crippen molar-refractivity contribution in [2.45, 2.75) is 17.7 Å². The van der Waals surface area contributed by atoms with E-state index in [4.69, 9.17) is 4.74 Å². The van der Waals surface area contributed by atoms with Crippen molar-refractivity contribution in [3.63, 3.8) is 0 Å². The number of Topliss-reactive ketones (excluding diaryl/α,β-unsaturated/α-hetero) is 1. The molecule has 110 valence electrons. The van der Waals surface area contributed by atoms with E-state index in [9.17, 15) is 9.18 Å². The number of methoxy groups -OCH3 is 1. The molecule has 2 rings (SSSR count). The summed E-state index contributed by atoms with van der Waals surface area (Å²) in [4.78, 5) is 12.6. The van der Waals surface area contributed by atoms with E-state index in [1.807, 2.05) is 30.3 Å². The second kappa shape index (κ2) is 7.84. The zero-order valence-corrected chi connectivity index (χ0v) is 12.7. The predicted octanol–water partition coefficient (Wildman–Crippen LogP) is 4.13. The van der Waals surface area contributed by atoms with Gasteiger partial charge in [-0.1, -0.05) is 18.2 Å². The van der Waals surface area contributed by atoms with Gasteiger partial charge in [-0.25, -0.2) is 4.39 Å².